The molecule has 0 bridgehead atoms. The van der Waals surface area contributed by atoms with Gasteiger partial charge in [0.05, 0.1) is 38.4 Å². The Balaban J connectivity index is 1.78. The number of ketones is 1. The maximum atomic E-state index is 13.4. The number of carbonyl (C=O) groups excluding carboxylic acids is 1. The average molecular weight is 430 g/mol. The van der Waals surface area contributed by atoms with Crippen LogP contribution in [0, 0.1) is 0 Å². The molecule has 1 unspecified atom stereocenters. The smallest absolute Gasteiger partial charge is 0.177 e. The number of fused-ring (bicyclic) bond motifs is 3. The van der Waals surface area contributed by atoms with Gasteiger partial charge < -0.3 is 33.9 Å². The number of Topliss-reactive ketones (excluding diaryl/α,β-unsaturated/α-hetero) is 1. The lowest BCUT2D eigenvalue weighted by Gasteiger charge is -2.41. The van der Waals surface area contributed by atoms with Crippen LogP contribution in [0.4, 0.5) is 0 Å². The van der Waals surface area contributed by atoms with E-state index in [2.05, 4.69) is 0 Å². The minimum atomic E-state index is -1.24. The maximum Gasteiger partial charge on any atom is 0.177 e. The molecule has 2 aromatic rings. The Labute approximate surface area is 180 Å². The van der Waals surface area contributed by atoms with Crippen LogP contribution in [-0.4, -0.2) is 55.6 Å². The van der Waals surface area contributed by atoms with Gasteiger partial charge >= 0.3 is 0 Å². The molecule has 2 heterocycles. The van der Waals surface area contributed by atoms with Crippen LogP contribution >= 0.6 is 0 Å². The molecule has 3 atom stereocenters. The molecule has 8 nitrogen and oxygen atoms in total. The van der Waals surface area contributed by atoms with Crippen molar-refractivity contribution in [1.29, 1.82) is 0 Å². The van der Waals surface area contributed by atoms with E-state index in [1.165, 1.54) is 21.3 Å². The molecule has 2 aliphatic rings. The van der Waals surface area contributed by atoms with Gasteiger partial charge in [0.25, 0.3) is 0 Å². The van der Waals surface area contributed by atoms with Gasteiger partial charge in [0.15, 0.2) is 17.3 Å². The molecule has 2 N–H and O–H groups in total. The first-order valence-corrected chi connectivity index (χ1v) is 9.92. The van der Waals surface area contributed by atoms with Crippen LogP contribution in [0.3, 0.4) is 0 Å². The van der Waals surface area contributed by atoms with Gasteiger partial charge in [-0.2, -0.15) is 0 Å². The van der Waals surface area contributed by atoms with E-state index in [1.54, 1.807) is 38.1 Å². The van der Waals surface area contributed by atoms with Gasteiger partial charge in [-0.1, -0.05) is 0 Å². The number of hydrogen-bond donors (Lipinski definition) is 2. The number of rotatable bonds is 4. The zero-order valence-corrected chi connectivity index (χ0v) is 18.1. The number of aliphatic hydroxyl groups excluding tert-OH is 2. The third-order valence-electron chi connectivity index (χ3n) is 5.92. The molecule has 31 heavy (non-hydrogen) atoms. The van der Waals surface area contributed by atoms with E-state index in [9.17, 15) is 15.0 Å². The maximum absolute atomic E-state index is 13.4. The molecule has 8 heteroatoms. The van der Waals surface area contributed by atoms with E-state index in [0.717, 1.165) is 0 Å². The van der Waals surface area contributed by atoms with Crippen molar-refractivity contribution in [1.82, 2.24) is 0 Å². The summed E-state index contributed by atoms with van der Waals surface area (Å²) in [6.07, 6.45) is -2.41. The molecule has 0 saturated heterocycles. The Morgan fingerprint density at radius 1 is 1.00 bits per heavy atom. The second-order valence-electron chi connectivity index (χ2n) is 8.13. The lowest BCUT2D eigenvalue weighted by Crippen LogP contribution is -2.49. The highest BCUT2D eigenvalue weighted by Crippen LogP contribution is 2.49. The molecule has 2 aromatic carbocycles. The van der Waals surface area contributed by atoms with E-state index in [1.807, 2.05) is 0 Å². The quantitative estimate of drug-likeness (QED) is 0.763. The topological polar surface area (TPSA) is 104 Å². The first-order chi connectivity index (χ1) is 14.7. The van der Waals surface area contributed by atoms with Crippen molar-refractivity contribution in [2.75, 3.05) is 27.9 Å². The van der Waals surface area contributed by atoms with Gasteiger partial charge in [-0.25, -0.2) is 0 Å². The van der Waals surface area contributed by atoms with Crippen LogP contribution in [0.15, 0.2) is 24.3 Å². The van der Waals surface area contributed by atoms with Gasteiger partial charge in [-0.05, 0) is 32.0 Å². The Morgan fingerprint density at radius 3 is 2.29 bits per heavy atom. The van der Waals surface area contributed by atoms with Gasteiger partial charge in [-0.15, -0.1) is 0 Å². The standard InChI is InChI=1S/C23H26O8/c1-23(2)22(26)20(25)18-14(31-23)7-6-11-19(24)13(10-30-21(11)18)12-8-16(28-4)17(29-5)9-15(12)27-3/h6-9,13,20,22,25-26H,10H2,1-5H3/t13?,20-,22-/m1/s1. The second-order valence-corrected chi connectivity index (χ2v) is 8.13. The molecular formula is C23H26O8. The minimum absolute atomic E-state index is 0.0281. The lowest BCUT2D eigenvalue weighted by molar-refractivity contribution is -0.112. The summed E-state index contributed by atoms with van der Waals surface area (Å²) in [7, 11) is 4.55. The summed E-state index contributed by atoms with van der Waals surface area (Å²) in [6, 6.07) is 6.62. The van der Waals surface area contributed by atoms with Crippen molar-refractivity contribution in [3.63, 3.8) is 0 Å². The Morgan fingerprint density at radius 2 is 1.65 bits per heavy atom. The van der Waals surface area contributed by atoms with Gasteiger partial charge in [0, 0.05) is 11.6 Å². The van der Waals surface area contributed by atoms with Crippen LogP contribution in [0.5, 0.6) is 28.7 Å². The highest BCUT2D eigenvalue weighted by Gasteiger charge is 2.46. The number of aliphatic hydroxyl groups is 2. The number of carbonyl (C=O) groups is 1. The molecule has 0 aromatic heterocycles. The summed E-state index contributed by atoms with van der Waals surface area (Å²) in [5.74, 6) is 1.21. The molecule has 2 aliphatic heterocycles. The SMILES string of the molecule is COc1cc(OC)c(C2COc3c(ccc4c3[C@@H](O)[C@@H](O)C(C)(C)O4)C2=O)cc1OC. The third-order valence-corrected chi connectivity index (χ3v) is 5.92. The van der Waals surface area contributed by atoms with Crippen molar-refractivity contribution < 1.29 is 38.7 Å². The van der Waals surface area contributed by atoms with Gasteiger partial charge in [-0.3, -0.25) is 4.79 Å². The number of benzene rings is 2. The van der Waals surface area contributed by atoms with E-state index in [4.69, 9.17) is 23.7 Å². The van der Waals surface area contributed by atoms with Crippen molar-refractivity contribution >= 4 is 5.78 Å². The summed E-state index contributed by atoms with van der Waals surface area (Å²) in [5.41, 5.74) is 0.220. The molecule has 0 amide bonds. The average Bonchev–Trinajstić information content (AvgIpc) is 2.76. The van der Waals surface area contributed by atoms with E-state index < -0.39 is 23.7 Å². The monoisotopic (exact) mass is 430 g/mol. The van der Waals surface area contributed by atoms with Crippen molar-refractivity contribution in [2.24, 2.45) is 0 Å². The minimum Gasteiger partial charge on any atom is -0.496 e. The fraction of sp³-hybridized carbons (Fsp3) is 0.435. The summed E-state index contributed by atoms with van der Waals surface area (Å²) < 4.78 is 28.0. The van der Waals surface area contributed by atoms with Crippen LogP contribution in [-0.2, 0) is 0 Å². The second kappa shape index (κ2) is 7.62. The van der Waals surface area contributed by atoms with Crippen LogP contribution in [0.1, 0.15) is 47.4 Å². The molecule has 166 valence electrons. The van der Waals surface area contributed by atoms with Crippen LogP contribution in [0.2, 0.25) is 0 Å². The van der Waals surface area contributed by atoms with E-state index in [-0.39, 0.29) is 23.7 Å². The predicted octanol–water partition coefficient (Wildman–Crippen LogP) is 2.64. The fourth-order valence-corrected chi connectivity index (χ4v) is 4.17. The summed E-state index contributed by atoms with van der Waals surface area (Å²) in [6.45, 7) is 3.41. The highest BCUT2D eigenvalue weighted by molar-refractivity contribution is 6.05. The molecule has 0 saturated carbocycles. The number of methoxy groups -OCH3 is 3. The van der Waals surface area contributed by atoms with Crippen molar-refractivity contribution in [3.8, 4) is 28.7 Å². The molecule has 0 fully saturated rings. The lowest BCUT2D eigenvalue weighted by atomic mass is 9.83. The van der Waals surface area contributed by atoms with Crippen LogP contribution in [0.25, 0.3) is 0 Å². The zero-order chi connectivity index (χ0) is 22.5. The first-order valence-electron chi connectivity index (χ1n) is 9.92. The number of ether oxygens (including phenoxy) is 5. The Bertz CT molecular complexity index is 1030. The Hall–Kier alpha value is -2.97. The molecule has 0 radical (unpaired) electrons. The number of hydrogen-bond acceptors (Lipinski definition) is 8. The van der Waals surface area contributed by atoms with Crippen LogP contribution < -0.4 is 23.7 Å². The third kappa shape index (κ3) is 3.26. The van der Waals surface area contributed by atoms with Gasteiger partial charge in [0.2, 0.25) is 0 Å². The van der Waals surface area contributed by atoms with Gasteiger partial charge in [0.1, 0.15) is 41.7 Å². The zero-order valence-electron chi connectivity index (χ0n) is 18.1. The summed E-state index contributed by atoms with van der Waals surface area (Å²) in [4.78, 5) is 13.4. The largest absolute Gasteiger partial charge is 0.496 e. The highest BCUT2D eigenvalue weighted by atomic mass is 16.5. The first kappa shape index (κ1) is 21.3. The van der Waals surface area contributed by atoms with Crippen molar-refractivity contribution in [2.45, 2.75) is 37.6 Å². The van der Waals surface area contributed by atoms with E-state index in [0.29, 0.717) is 34.1 Å². The molecule has 0 spiro atoms. The fourth-order valence-electron chi connectivity index (χ4n) is 4.17. The van der Waals surface area contributed by atoms with Crippen molar-refractivity contribution in [3.05, 3.63) is 41.0 Å². The van der Waals surface area contributed by atoms with E-state index >= 15 is 0 Å². The predicted molar refractivity (Wildman–Crippen MR) is 111 cm³/mol. The summed E-state index contributed by atoms with van der Waals surface area (Å²) in [5, 5.41) is 21.2. The molecule has 4 rings (SSSR count). The normalized spacial score (nSPS) is 23.7. The molecule has 0 aliphatic carbocycles. The Kier molecular flexibility index (Phi) is 5.23. The summed E-state index contributed by atoms with van der Waals surface area (Å²) >= 11 is 0. The molecular weight excluding hydrogens is 404 g/mol.